The summed E-state index contributed by atoms with van der Waals surface area (Å²) in [5, 5.41) is 2.40. The van der Waals surface area contributed by atoms with Gasteiger partial charge in [-0.2, -0.15) is 0 Å². The van der Waals surface area contributed by atoms with Crippen LogP contribution in [0.25, 0.3) is 72.0 Å². The third-order valence-corrected chi connectivity index (χ3v) is 17.7. The Balaban J connectivity index is 0.876. The highest BCUT2D eigenvalue weighted by Crippen LogP contribution is 2.59. The third-order valence-electron chi connectivity index (χ3n) is 17.7. The third kappa shape index (κ3) is 7.08. The molecule has 0 spiro atoms. The van der Waals surface area contributed by atoms with Crippen LogP contribution in [0.4, 0.5) is 17.1 Å². The molecule has 1 unspecified atom stereocenters. The van der Waals surface area contributed by atoms with Gasteiger partial charge < -0.3 is 9.47 Å². The molecule has 384 valence electrons. The van der Waals surface area contributed by atoms with Crippen LogP contribution in [0.15, 0.2) is 328 Å². The van der Waals surface area contributed by atoms with Crippen LogP contribution in [0.5, 0.6) is 0 Å². The Morgan fingerprint density at radius 3 is 1.39 bits per heavy atom. The van der Waals surface area contributed by atoms with Crippen molar-refractivity contribution in [1.29, 1.82) is 0 Å². The zero-order chi connectivity index (χ0) is 54.2. The molecular formula is C80H54N2. The zero-order valence-corrected chi connectivity index (χ0v) is 45.1. The van der Waals surface area contributed by atoms with E-state index in [1.54, 1.807) is 0 Å². The van der Waals surface area contributed by atoms with Crippen LogP contribution in [0.3, 0.4) is 0 Å². The van der Waals surface area contributed by atoms with Crippen molar-refractivity contribution in [3.05, 3.63) is 372 Å². The molecule has 2 heteroatoms. The highest BCUT2D eigenvalue weighted by Gasteiger charge is 2.48. The number of para-hydroxylation sites is 3. The van der Waals surface area contributed by atoms with E-state index < -0.39 is 10.8 Å². The van der Waals surface area contributed by atoms with E-state index >= 15 is 0 Å². The fraction of sp³-hybridized carbons (Fsp3) is 0.0250. The second kappa shape index (κ2) is 19.1. The second-order valence-electron chi connectivity index (χ2n) is 21.9. The van der Waals surface area contributed by atoms with Gasteiger partial charge in [0, 0.05) is 27.8 Å². The van der Waals surface area contributed by atoms with Crippen LogP contribution in [-0.2, 0) is 10.8 Å². The van der Waals surface area contributed by atoms with Crippen molar-refractivity contribution in [1.82, 2.24) is 4.57 Å². The Morgan fingerprint density at radius 1 is 0.256 bits per heavy atom. The molecular weight excluding hydrogens is 989 g/mol. The van der Waals surface area contributed by atoms with Crippen LogP contribution in [0.1, 0.15) is 44.5 Å². The van der Waals surface area contributed by atoms with Gasteiger partial charge in [-0.15, -0.1) is 0 Å². The summed E-state index contributed by atoms with van der Waals surface area (Å²) in [7, 11) is 0. The van der Waals surface area contributed by atoms with E-state index in [9.17, 15) is 0 Å². The predicted octanol–water partition coefficient (Wildman–Crippen LogP) is 20.3. The molecule has 2 aliphatic carbocycles. The summed E-state index contributed by atoms with van der Waals surface area (Å²) in [6.45, 7) is 0. The highest BCUT2D eigenvalue weighted by molar-refractivity contribution is 6.14. The van der Waals surface area contributed by atoms with Crippen molar-refractivity contribution in [3.63, 3.8) is 0 Å². The summed E-state index contributed by atoms with van der Waals surface area (Å²) in [5.74, 6) is 0. The van der Waals surface area contributed by atoms with Gasteiger partial charge in [0.2, 0.25) is 0 Å². The lowest BCUT2D eigenvalue weighted by atomic mass is 9.67. The monoisotopic (exact) mass is 1040 g/mol. The number of anilines is 3. The Kier molecular flexibility index (Phi) is 11.0. The Hall–Kier alpha value is -10.5. The molecule has 0 fully saturated rings. The molecule has 0 amide bonds. The Morgan fingerprint density at radius 2 is 0.720 bits per heavy atom. The lowest BCUT2D eigenvalue weighted by Crippen LogP contribution is -2.28. The maximum Gasteiger partial charge on any atom is 0.0782 e. The Bertz CT molecular complexity index is 4680. The van der Waals surface area contributed by atoms with E-state index in [0.29, 0.717) is 0 Å². The lowest BCUT2D eigenvalue weighted by molar-refractivity contribution is 0.768. The first-order valence-electron chi connectivity index (χ1n) is 28.5. The number of rotatable bonds is 10. The van der Waals surface area contributed by atoms with Gasteiger partial charge in [0.15, 0.2) is 0 Å². The number of hydrogen-bond donors (Lipinski definition) is 0. The molecule has 82 heavy (non-hydrogen) atoms. The summed E-state index contributed by atoms with van der Waals surface area (Å²) >= 11 is 0. The van der Waals surface area contributed by atoms with Crippen LogP contribution in [-0.4, -0.2) is 4.57 Å². The largest absolute Gasteiger partial charge is 0.308 e. The van der Waals surface area contributed by atoms with Crippen molar-refractivity contribution in [3.8, 4) is 50.2 Å². The Labute approximate surface area is 478 Å². The maximum absolute atomic E-state index is 2.50. The van der Waals surface area contributed by atoms with E-state index in [-0.39, 0.29) is 0 Å². The van der Waals surface area contributed by atoms with Gasteiger partial charge in [0.1, 0.15) is 0 Å². The number of fused-ring (bicyclic) bond motifs is 9. The van der Waals surface area contributed by atoms with Crippen LogP contribution in [0.2, 0.25) is 0 Å². The SMILES string of the molecule is c1ccc(-c2ccc(C3(c4ccccc4)c4ccccc4-c4cc(-c5cccc(-n6c7ccccc7c7cccc(N(c8ccccc8)c8ccc9c(c8)C(c8ccccc8)(c8ccccc8)c8ccccc8-9)c76)c5)ccc43)cc2)cc1. The molecule has 0 N–H and O–H groups in total. The molecule has 1 heterocycles. The molecule has 0 aliphatic heterocycles. The first-order chi connectivity index (χ1) is 40.7. The first-order valence-corrected chi connectivity index (χ1v) is 28.5. The number of aromatic nitrogens is 1. The molecule has 0 saturated heterocycles. The molecule has 16 rings (SSSR count). The predicted molar refractivity (Wildman–Crippen MR) is 341 cm³/mol. The van der Waals surface area contributed by atoms with E-state index in [1.807, 2.05) is 0 Å². The average molecular weight is 1040 g/mol. The summed E-state index contributed by atoms with van der Waals surface area (Å²) in [6.07, 6.45) is 0. The van der Waals surface area contributed by atoms with Crippen LogP contribution < -0.4 is 4.90 Å². The van der Waals surface area contributed by atoms with Crippen LogP contribution in [0, 0.1) is 0 Å². The van der Waals surface area contributed by atoms with E-state index in [4.69, 9.17) is 0 Å². The van der Waals surface area contributed by atoms with Crippen molar-refractivity contribution in [2.24, 2.45) is 0 Å². The quantitative estimate of drug-likeness (QED) is 0.133. The van der Waals surface area contributed by atoms with E-state index in [0.717, 1.165) is 39.3 Å². The van der Waals surface area contributed by atoms with Crippen LogP contribution >= 0.6 is 0 Å². The minimum atomic E-state index is -0.551. The van der Waals surface area contributed by atoms with Crippen molar-refractivity contribution in [2.45, 2.75) is 10.8 Å². The van der Waals surface area contributed by atoms with Crippen molar-refractivity contribution >= 4 is 38.9 Å². The average Bonchev–Trinajstić information content (AvgIpc) is 3.47. The standard InChI is InChI=1S/C80H54N2/c1-6-24-55(25-7-1)56-44-47-62(48-45-56)79(59-27-8-2-9-28-59)73-41-20-17-37-67(73)71-53-58(46-51-74(71)79)57-26-22-35-64(52-57)82-76-42-21-18-38-69(76)70-39-23-43-77(78(70)82)81(63-33-14-5-15-34-63)65-49-50-68-66-36-16-19-40-72(66)80(75(68)54-65,60-29-10-3-11-30-60)61-31-12-4-13-32-61/h1-54H. The molecule has 14 aromatic rings. The normalized spacial score (nSPS) is 14.5. The van der Waals surface area contributed by atoms with Gasteiger partial charge in [-0.25, -0.2) is 0 Å². The molecule has 2 aliphatic rings. The van der Waals surface area contributed by atoms with Gasteiger partial charge in [-0.1, -0.05) is 273 Å². The fourth-order valence-corrected chi connectivity index (χ4v) is 14.3. The maximum atomic E-state index is 2.50. The zero-order valence-electron chi connectivity index (χ0n) is 45.1. The smallest absolute Gasteiger partial charge is 0.0782 e. The first kappa shape index (κ1) is 47.5. The summed E-state index contributed by atoms with van der Waals surface area (Å²) in [4.78, 5) is 2.48. The highest BCUT2D eigenvalue weighted by atomic mass is 15.2. The second-order valence-corrected chi connectivity index (χ2v) is 21.9. The minimum Gasteiger partial charge on any atom is -0.308 e. The number of hydrogen-bond acceptors (Lipinski definition) is 1. The molecule has 13 aromatic carbocycles. The summed E-state index contributed by atoms with van der Waals surface area (Å²) < 4.78 is 2.50. The number of nitrogens with zero attached hydrogens (tertiary/aromatic N) is 2. The van der Waals surface area contributed by atoms with E-state index in [1.165, 1.54) is 94.2 Å². The minimum absolute atomic E-state index is 0.514. The lowest BCUT2D eigenvalue weighted by Gasteiger charge is -2.35. The molecule has 0 saturated carbocycles. The molecule has 1 aromatic heterocycles. The van der Waals surface area contributed by atoms with Crippen molar-refractivity contribution in [2.75, 3.05) is 4.90 Å². The molecule has 1 atom stereocenters. The van der Waals surface area contributed by atoms with Gasteiger partial charge in [0.05, 0.1) is 27.6 Å². The number of benzene rings is 13. The fourth-order valence-electron chi connectivity index (χ4n) is 14.3. The van der Waals surface area contributed by atoms with Crippen molar-refractivity contribution < 1.29 is 0 Å². The summed E-state index contributed by atoms with van der Waals surface area (Å²) in [5.41, 5.74) is 25.5. The molecule has 2 nitrogen and oxygen atoms in total. The molecule has 0 radical (unpaired) electrons. The van der Waals surface area contributed by atoms with Gasteiger partial charge in [-0.05, 0) is 144 Å². The molecule has 0 bridgehead atoms. The topological polar surface area (TPSA) is 8.17 Å². The van der Waals surface area contributed by atoms with E-state index in [2.05, 4.69) is 337 Å². The van der Waals surface area contributed by atoms with Gasteiger partial charge >= 0.3 is 0 Å². The van der Waals surface area contributed by atoms with Gasteiger partial charge in [0.25, 0.3) is 0 Å². The summed E-state index contributed by atoms with van der Waals surface area (Å²) in [6, 6.07) is 122. The van der Waals surface area contributed by atoms with Gasteiger partial charge in [-0.3, -0.25) is 0 Å².